The van der Waals surface area contributed by atoms with Crippen LogP contribution in [0.1, 0.15) is 43.9 Å². The molecule has 4 heteroatoms. The minimum atomic E-state index is 0.128. The SMILES string of the molecule is CCCC(C)C(=O)N1CCN(C(c2ccccc2)c2ccc(Cl)cc2)CC1. The van der Waals surface area contributed by atoms with Crippen molar-refractivity contribution in [2.75, 3.05) is 26.2 Å². The van der Waals surface area contributed by atoms with E-state index < -0.39 is 0 Å². The molecule has 3 rings (SSSR count). The lowest BCUT2D eigenvalue weighted by atomic mass is 9.96. The molecule has 0 spiro atoms. The first kappa shape index (κ1) is 19.9. The zero-order chi connectivity index (χ0) is 19.2. The summed E-state index contributed by atoms with van der Waals surface area (Å²) in [5.74, 6) is 0.432. The summed E-state index contributed by atoms with van der Waals surface area (Å²) in [6.07, 6.45) is 2.02. The molecule has 2 atom stereocenters. The van der Waals surface area contributed by atoms with Crippen molar-refractivity contribution in [2.24, 2.45) is 5.92 Å². The van der Waals surface area contributed by atoms with Crippen LogP contribution >= 0.6 is 11.6 Å². The molecular formula is C23H29ClN2O. The standard InChI is InChI=1S/C23H29ClN2O/c1-3-7-18(2)23(27)26-16-14-25(15-17-26)22(19-8-5-4-6-9-19)20-10-12-21(24)13-11-20/h4-6,8-13,18,22H,3,7,14-17H2,1-2H3. The Morgan fingerprint density at radius 1 is 0.963 bits per heavy atom. The van der Waals surface area contributed by atoms with E-state index in [4.69, 9.17) is 11.6 Å². The van der Waals surface area contributed by atoms with Gasteiger partial charge in [-0.3, -0.25) is 9.69 Å². The number of halogens is 1. The van der Waals surface area contributed by atoms with Crippen molar-refractivity contribution >= 4 is 17.5 Å². The average Bonchev–Trinajstić information content (AvgIpc) is 2.71. The lowest BCUT2D eigenvalue weighted by Gasteiger charge is -2.40. The largest absolute Gasteiger partial charge is 0.340 e. The third kappa shape index (κ3) is 4.91. The van der Waals surface area contributed by atoms with Crippen molar-refractivity contribution in [2.45, 2.75) is 32.7 Å². The molecule has 0 aliphatic carbocycles. The van der Waals surface area contributed by atoms with Crippen LogP contribution in [0.4, 0.5) is 0 Å². The monoisotopic (exact) mass is 384 g/mol. The highest BCUT2D eigenvalue weighted by Crippen LogP contribution is 2.30. The molecular weight excluding hydrogens is 356 g/mol. The number of hydrogen-bond donors (Lipinski definition) is 0. The minimum absolute atomic E-state index is 0.128. The molecule has 27 heavy (non-hydrogen) atoms. The van der Waals surface area contributed by atoms with Crippen molar-refractivity contribution in [3.8, 4) is 0 Å². The Kier molecular flexibility index (Phi) is 6.92. The van der Waals surface area contributed by atoms with Gasteiger partial charge in [-0.2, -0.15) is 0 Å². The van der Waals surface area contributed by atoms with Crippen LogP contribution in [0.2, 0.25) is 5.02 Å². The third-order valence-electron chi connectivity index (χ3n) is 5.44. The smallest absolute Gasteiger partial charge is 0.225 e. The fraction of sp³-hybridized carbons (Fsp3) is 0.435. The van der Waals surface area contributed by atoms with Gasteiger partial charge in [0, 0.05) is 37.1 Å². The van der Waals surface area contributed by atoms with Crippen molar-refractivity contribution < 1.29 is 4.79 Å². The molecule has 3 nitrogen and oxygen atoms in total. The van der Waals surface area contributed by atoms with Gasteiger partial charge < -0.3 is 4.90 Å². The molecule has 2 aromatic carbocycles. The quantitative estimate of drug-likeness (QED) is 0.698. The predicted molar refractivity (Wildman–Crippen MR) is 112 cm³/mol. The van der Waals surface area contributed by atoms with E-state index >= 15 is 0 Å². The summed E-state index contributed by atoms with van der Waals surface area (Å²) >= 11 is 6.10. The van der Waals surface area contributed by atoms with Gasteiger partial charge in [0.25, 0.3) is 0 Å². The summed E-state index contributed by atoms with van der Waals surface area (Å²) in [6, 6.07) is 18.9. The lowest BCUT2D eigenvalue weighted by molar-refractivity contribution is -0.137. The van der Waals surface area contributed by atoms with Crippen LogP contribution in [0.25, 0.3) is 0 Å². The fourth-order valence-corrected chi connectivity index (χ4v) is 4.09. The van der Waals surface area contributed by atoms with Gasteiger partial charge in [-0.1, -0.05) is 74.3 Å². The second kappa shape index (κ2) is 9.38. The van der Waals surface area contributed by atoms with Gasteiger partial charge in [0.05, 0.1) is 6.04 Å². The molecule has 0 N–H and O–H groups in total. The van der Waals surface area contributed by atoms with Gasteiger partial charge in [0.1, 0.15) is 0 Å². The maximum Gasteiger partial charge on any atom is 0.225 e. The summed E-state index contributed by atoms with van der Waals surface area (Å²) < 4.78 is 0. The number of amides is 1. The highest BCUT2D eigenvalue weighted by Gasteiger charge is 2.29. The highest BCUT2D eigenvalue weighted by molar-refractivity contribution is 6.30. The van der Waals surface area contributed by atoms with Gasteiger partial charge in [0.15, 0.2) is 0 Å². The second-order valence-electron chi connectivity index (χ2n) is 7.42. The van der Waals surface area contributed by atoms with Crippen molar-refractivity contribution in [3.63, 3.8) is 0 Å². The summed E-state index contributed by atoms with van der Waals surface area (Å²) in [6.45, 7) is 7.55. The molecule has 1 heterocycles. The Labute approximate surface area is 167 Å². The molecule has 1 aliphatic heterocycles. The summed E-state index contributed by atoms with van der Waals surface area (Å²) in [7, 11) is 0. The maximum absolute atomic E-state index is 12.6. The minimum Gasteiger partial charge on any atom is -0.340 e. The van der Waals surface area contributed by atoms with Crippen LogP contribution in [-0.2, 0) is 4.79 Å². The average molecular weight is 385 g/mol. The van der Waals surface area contributed by atoms with E-state index in [1.165, 1.54) is 11.1 Å². The van der Waals surface area contributed by atoms with Crippen LogP contribution < -0.4 is 0 Å². The van der Waals surface area contributed by atoms with E-state index in [9.17, 15) is 4.79 Å². The predicted octanol–water partition coefficient (Wildman–Crippen LogP) is 5.01. The Morgan fingerprint density at radius 2 is 1.56 bits per heavy atom. The van der Waals surface area contributed by atoms with Gasteiger partial charge in [-0.15, -0.1) is 0 Å². The molecule has 1 saturated heterocycles. The van der Waals surface area contributed by atoms with Crippen molar-refractivity contribution in [1.82, 2.24) is 9.80 Å². The van der Waals surface area contributed by atoms with Crippen LogP contribution in [0.5, 0.6) is 0 Å². The molecule has 0 bridgehead atoms. The molecule has 1 amide bonds. The van der Waals surface area contributed by atoms with Gasteiger partial charge in [-0.05, 0) is 29.7 Å². The van der Waals surface area contributed by atoms with Crippen LogP contribution in [-0.4, -0.2) is 41.9 Å². The number of rotatable bonds is 6. The number of piperazine rings is 1. The molecule has 1 aliphatic rings. The molecule has 1 fully saturated rings. The number of hydrogen-bond acceptors (Lipinski definition) is 2. The number of carbonyl (C=O) groups is 1. The van der Waals surface area contributed by atoms with E-state index in [0.717, 1.165) is 44.0 Å². The lowest BCUT2D eigenvalue weighted by Crippen LogP contribution is -2.51. The highest BCUT2D eigenvalue weighted by atomic mass is 35.5. The Balaban J connectivity index is 1.75. The van der Waals surface area contributed by atoms with Crippen molar-refractivity contribution in [3.05, 3.63) is 70.7 Å². The first-order valence-electron chi connectivity index (χ1n) is 9.93. The zero-order valence-corrected chi connectivity index (χ0v) is 17.0. The zero-order valence-electron chi connectivity index (χ0n) is 16.3. The van der Waals surface area contributed by atoms with E-state index in [0.29, 0.717) is 5.91 Å². The summed E-state index contributed by atoms with van der Waals surface area (Å²) in [5.41, 5.74) is 2.52. The number of nitrogens with zero attached hydrogens (tertiary/aromatic N) is 2. The van der Waals surface area contributed by atoms with Gasteiger partial charge in [0.2, 0.25) is 5.91 Å². The molecule has 0 aromatic heterocycles. The third-order valence-corrected chi connectivity index (χ3v) is 5.69. The van der Waals surface area contributed by atoms with Crippen LogP contribution in [0, 0.1) is 5.92 Å². The van der Waals surface area contributed by atoms with Crippen molar-refractivity contribution in [1.29, 1.82) is 0 Å². The molecule has 144 valence electrons. The molecule has 2 aromatic rings. The fourth-order valence-electron chi connectivity index (χ4n) is 3.96. The molecule has 0 saturated carbocycles. The normalized spacial score (nSPS) is 17.5. The maximum atomic E-state index is 12.6. The van der Waals surface area contributed by atoms with Gasteiger partial charge >= 0.3 is 0 Å². The van der Waals surface area contributed by atoms with Crippen LogP contribution in [0.15, 0.2) is 54.6 Å². The topological polar surface area (TPSA) is 23.6 Å². The van der Waals surface area contributed by atoms with E-state index in [-0.39, 0.29) is 12.0 Å². The Morgan fingerprint density at radius 3 is 2.15 bits per heavy atom. The van der Waals surface area contributed by atoms with Crippen LogP contribution in [0.3, 0.4) is 0 Å². The van der Waals surface area contributed by atoms with Gasteiger partial charge in [-0.25, -0.2) is 0 Å². The van der Waals surface area contributed by atoms with E-state index in [1.807, 2.05) is 23.1 Å². The molecule has 2 unspecified atom stereocenters. The van der Waals surface area contributed by atoms with E-state index in [2.05, 4.69) is 55.1 Å². The Hall–Kier alpha value is -1.84. The first-order chi connectivity index (χ1) is 13.1. The second-order valence-corrected chi connectivity index (χ2v) is 7.85. The summed E-state index contributed by atoms with van der Waals surface area (Å²) in [5, 5.41) is 0.755. The van der Waals surface area contributed by atoms with E-state index in [1.54, 1.807) is 0 Å². The first-order valence-corrected chi connectivity index (χ1v) is 10.3. The summed E-state index contributed by atoms with van der Waals surface area (Å²) in [4.78, 5) is 17.2. The number of carbonyl (C=O) groups excluding carboxylic acids is 1. The molecule has 0 radical (unpaired) electrons. The number of benzene rings is 2. The Bertz CT molecular complexity index is 724.